The summed E-state index contributed by atoms with van der Waals surface area (Å²) < 4.78 is 33.3. The van der Waals surface area contributed by atoms with Gasteiger partial charge >= 0.3 is 0 Å². The van der Waals surface area contributed by atoms with Gasteiger partial charge < -0.3 is 10.1 Å². The maximum absolute atomic E-state index is 14.3. The molecule has 1 N–H and O–H groups in total. The summed E-state index contributed by atoms with van der Waals surface area (Å²) in [6.07, 6.45) is 2.68. The minimum Gasteiger partial charge on any atom is -0.480 e. The van der Waals surface area contributed by atoms with E-state index in [-0.39, 0.29) is 25.1 Å². The van der Waals surface area contributed by atoms with Crippen molar-refractivity contribution < 1.29 is 13.5 Å². The second-order valence-corrected chi connectivity index (χ2v) is 6.96. The van der Waals surface area contributed by atoms with Crippen molar-refractivity contribution in [3.05, 3.63) is 66.4 Å². The average molecular weight is 382 g/mol. The Labute approximate surface area is 161 Å². The van der Waals surface area contributed by atoms with Crippen LogP contribution in [0.4, 0.5) is 14.7 Å². The number of rotatable bonds is 6. The van der Waals surface area contributed by atoms with Gasteiger partial charge in [0, 0.05) is 24.4 Å². The van der Waals surface area contributed by atoms with E-state index >= 15 is 0 Å². The first-order valence-corrected chi connectivity index (χ1v) is 9.07. The number of aromatic nitrogens is 3. The summed E-state index contributed by atoms with van der Waals surface area (Å²) in [6, 6.07) is 12.6. The molecule has 1 aliphatic rings. The number of alkyl halides is 1. The number of ether oxygens (including phenoxy) is 1. The Hall–Kier alpha value is -3.09. The molecule has 4 rings (SSSR count). The fraction of sp³-hybridized carbons (Fsp3) is 0.286. The molecule has 7 heteroatoms. The van der Waals surface area contributed by atoms with Crippen molar-refractivity contribution in [3.63, 3.8) is 0 Å². The van der Waals surface area contributed by atoms with Gasteiger partial charge in [-0.3, -0.25) is 4.98 Å². The van der Waals surface area contributed by atoms with Gasteiger partial charge in [-0.1, -0.05) is 30.3 Å². The highest BCUT2D eigenvalue weighted by Gasteiger charge is 2.48. The lowest BCUT2D eigenvalue weighted by Gasteiger charge is -2.43. The van der Waals surface area contributed by atoms with Crippen molar-refractivity contribution in [2.45, 2.75) is 24.4 Å². The van der Waals surface area contributed by atoms with Gasteiger partial charge in [-0.05, 0) is 30.5 Å². The molecule has 0 bridgehead atoms. The first kappa shape index (κ1) is 18.3. The van der Waals surface area contributed by atoms with E-state index in [1.54, 1.807) is 13.3 Å². The third kappa shape index (κ3) is 3.40. The van der Waals surface area contributed by atoms with Crippen LogP contribution in [0.5, 0.6) is 5.88 Å². The number of nitrogens with one attached hydrogen (secondary N) is 1. The predicted molar refractivity (Wildman–Crippen MR) is 103 cm³/mol. The molecule has 1 aromatic carbocycles. The SMILES string of the molecule is COc1nc(NCC2(c3ncccc3F)CC(F)C2)ncc1-c1ccccc1. The van der Waals surface area contributed by atoms with Gasteiger partial charge in [0.25, 0.3) is 0 Å². The summed E-state index contributed by atoms with van der Waals surface area (Å²) in [5.41, 5.74) is 1.28. The maximum atomic E-state index is 14.3. The zero-order chi connectivity index (χ0) is 19.6. The highest BCUT2D eigenvalue weighted by atomic mass is 19.1. The number of hydrogen-bond donors (Lipinski definition) is 1. The quantitative estimate of drug-likeness (QED) is 0.693. The fourth-order valence-corrected chi connectivity index (χ4v) is 3.66. The minimum atomic E-state index is -0.959. The minimum absolute atomic E-state index is 0.215. The molecule has 0 atom stereocenters. The van der Waals surface area contributed by atoms with E-state index in [4.69, 9.17) is 4.74 Å². The second kappa shape index (κ2) is 7.50. The van der Waals surface area contributed by atoms with Crippen LogP contribution in [0.1, 0.15) is 18.5 Å². The zero-order valence-corrected chi connectivity index (χ0v) is 15.4. The number of halogens is 2. The number of anilines is 1. The normalized spacial score (nSPS) is 21.0. The predicted octanol–water partition coefficient (Wildman–Crippen LogP) is 4.17. The number of methoxy groups -OCH3 is 1. The largest absolute Gasteiger partial charge is 0.480 e. The van der Waals surface area contributed by atoms with Crippen LogP contribution in [0, 0.1) is 5.82 Å². The Bertz CT molecular complexity index is 962. The second-order valence-electron chi connectivity index (χ2n) is 6.96. The van der Waals surface area contributed by atoms with E-state index in [0.29, 0.717) is 11.8 Å². The highest BCUT2D eigenvalue weighted by Crippen LogP contribution is 2.45. The molecule has 2 heterocycles. The monoisotopic (exact) mass is 382 g/mol. The molecule has 0 spiro atoms. The van der Waals surface area contributed by atoms with Gasteiger partial charge in [0.05, 0.1) is 18.4 Å². The lowest BCUT2D eigenvalue weighted by Crippen LogP contribution is -2.49. The van der Waals surface area contributed by atoms with E-state index in [1.165, 1.54) is 18.3 Å². The molecular weight excluding hydrogens is 362 g/mol. The first-order valence-electron chi connectivity index (χ1n) is 9.07. The van der Waals surface area contributed by atoms with Crippen LogP contribution < -0.4 is 10.1 Å². The van der Waals surface area contributed by atoms with Gasteiger partial charge in [-0.25, -0.2) is 13.8 Å². The number of benzene rings is 1. The van der Waals surface area contributed by atoms with Gasteiger partial charge in [0.1, 0.15) is 12.0 Å². The summed E-state index contributed by atoms with van der Waals surface area (Å²) in [5, 5.41) is 3.11. The van der Waals surface area contributed by atoms with Crippen LogP contribution in [-0.2, 0) is 5.41 Å². The molecule has 144 valence electrons. The standard InChI is InChI=1S/C21H20F2N4O/c1-28-19-16(14-6-3-2-4-7-14)12-25-20(27-19)26-13-21(10-15(22)11-21)18-17(23)8-5-9-24-18/h2-9,12,15H,10-11,13H2,1H3,(H,25,26,27). The molecule has 1 saturated carbocycles. The van der Waals surface area contributed by atoms with Crippen LogP contribution >= 0.6 is 0 Å². The Balaban J connectivity index is 1.56. The third-order valence-corrected chi connectivity index (χ3v) is 5.10. The van der Waals surface area contributed by atoms with Crippen molar-refractivity contribution in [2.24, 2.45) is 0 Å². The van der Waals surface area contributed by atoms with Crippen molar-refractivity contribution in [1.29, 1.82) is 0 Å². The number of pyridine rings is 1. The number of nitrogens with zero attached hydrogens (tertiary/aromatic N) is 3. The molecule has 0 radical (unpaired) electrons. The fourth-order valence-electron chi connectivity index (χ4n) is 3.66. The van der Waals surface area contributed by atoms with Crippen molar-refractivity contribution in [3.8, 4) is 17.0 Å². The topological polar surface area (TPSA) is 59.9 Å². The van der Waals surface area contributed by atoms with Crippen molar-refractivity contribution in [1.82, 2.24) is 15.0 Å². The Morgan fingerprint density at radius 1 is 1.14 bits per heavy atom. The molecular formula is C21H20F2N4O. The average Bonchev–Trinajstić information content (AvgIpc) is 2.71. The third-order valence-electron chi connectivity index (χ3n) is 5.10. The Kier molecular flexibility index (Phi) is 4.90. The molecule has 0 aliphatic heterocycles. The summed E-state index contributed by atoms with van der Waals surface area (Å²) in [6.45, 7) is 0.287. The van der Waals surface area contributed by atoms with Gasteiger partial charge in [0.2, 0.25) is 11.8 Å². The highest BCUT2D eigenvalue weighted by molar-refractivity contribution is 5.68. The first-order chi connectivity index (χ1) is 13.6. The van der Waals surface area contributed by atoms with E-state index in [1.807, 2.05) is 30.3 Å². The van der Waals surface area contributed by atoms with Crippen LogP contribution in [0.2, 0.25) is 0 Å². The summed E-state index contributed by atoms with van der Waals surface area (Å²) in [4.78, 5) is 12.9. The van der Waals surface area contributed by atoms with Gasteiger partial charge in [0.15, 0.2) is 0 Å². The summed E-state index contributed by atoms with van der Waals surface area (Å²) >= 11 is 0. The lowest BCUT2D eigenvalue weighted by atomic mass is 9.65. The Morgan fingerprint density at radius 3 is 2.61 bits per heavy atom. The molecule has 28 heavy (non-hydrogen) atoms. The molecule has 2 aromatic heterocycles. The number of hydrogen-bond acceptors (Lipinski definition) is 5. The molecule has 0 amide bonds. The van der Waals surface area contributed by atoms with Gasteiger partial charge in [-0.15, -0.1) is 0 Å². The van der Waals surface area contributed by atoms with Crippen LogP contribution in [0.25, 0.3) is 11.1 Å². The molecule has 1 fully saturated rings. The molecule has 3 aromatic rings. The summed E-state index contributed by atoms with van der Waals surface area (Å²) in [7, 11) is 1.54. The maximum Gasteiger partial charge on any atom is 0.226 e. The summed E-state index contributed by atoms with van der Waals surface area (Å²) in [5.74, 6) is 0.349. The van der Waals surface area contributed by atoms with Gasteiger partial charge in [-0.2, -0.15) is 4.98 Å². The van der Waals surface area contributed by atoms with E-state index in [0.717, 1.165) is 11.1 Å². The van der Waals surface area contributed by atoms with Crippen LogP contribution in [0.15, 0.2) is 54.9 Å². The van der Waals surface area contributed by atoms with Crippen molar-refractivity contribution >= 4 is 5.95 Å². The zero-order valence-electron chi connectivity index (χ0n) is 15.4. The van der Waals surface area contributed by atoms with E-state index in [9.17, 15) is 8.78 Å². The van der Waals surface area contributed by atoms with E-state index in [2.05, 4.69) is 20.3 Å². The molecule has 0 saturated heterocycles. The Morgan fingerprint density at radius 2 is 1.93 bits per heavy atom. The lowest BCUT2D eigenvalue weighted by molar-refractivity contribution is 0.0963. The van der Waals surface area contributed by atoms with E-state index < -0.39 is 17.4 Å². The molecule has 0 unspecified atom stereocenters. The molecule has 5 nitrogen and oxygen atoms in total. The molecule has 1 aliphatic carbocycles. The van der Waals surface area contributed by atoms with Crippen LogP contribution in [-0.4, -0.2) is 34.8 Å². The smallest absolute Gasteiger partial charge is 0.226 e. The van der Waals surface area contributed by atoms with Crippen LogP contribution in [0.3, 0.4) is 0 Å². The van der Waals surface area contributed by atoms with Crippen molar-refractivity contribution in [2.75, 3.05) is 19.0 Å².